The van der Waals surface area contributed by atoms with E-state index in [2.05, 4.69) is 46.8 Å². The maximum absolute atomic E-state index is 5.02. The zero-order chi connectivity index (χ0) is 20.9. The van der Waals surface area contributed by atoms with Crippen LogP contribution in [0.3, 0.4) is 0 Å². The van der Waals surface area contributed by atoms with Gasteiger partial charge in [0, 0.05) is 29.0 Å². The quantitative estimate of drug-likeness (QED) is 0.541. The summed E-state index contributed by atoms with van der Waals surface area (Å²) in [5, 5.41) is 4.29. The highest BCUT2D eigenvalue weighted by Crippen LogP contribution is 2.35. The number of rotatable bonds is 5. The third kappa shape index (κ3) is 3.61. The first-order valence-electron chi connectivity index (χ1n) is 10.5. The number of aromatic amines is 1. The first-order valence-corrected chi connectivity index (χ1v) is 10.5. The minimum absolute atomic E-state index is 0.0928. The second-order valence-corrected chi connectivity index (χ2v) is 9.08. The van der Waals surface area contributed by atoms with Crippen molar-refractivity contribution in [3.63, 3.8) is 0 Å². The molecule has 1 fully saturated rings. The Labute approximate surface area is 176 Å². The topological polar surface area (TPSA) is 75.0 Å². The summed E-state index contributed by atoms with van der Waals surface area (Å²) < 4.78 is 1.79. The van der Waals surface area contributed by atoms with E-state index in [0.29, 0.717) is 6.04 Å². The predicted octanol–water partition coefficient (Wildman–Crippen LogP) is 4.25. The van der Waals surface area contributed by atoms with Gasteiger partial charge in [-0.25, -0.2) is 14.5 Å². The lowest BCUT2D eigenvalue weighted by molar-refractivity contribution is 0.115. The van der Waals surface area contributed by atoms with E-state index in [9.17, 15) is 0 Å². The average molecular weight is 402 g/mol. The van der Waals surface area contributed by atoms with Crippen LogP contribution in [0.1, 0.15) is 45.1 Å². The highest BCUT2D eigenvalue weighted by atomic mass is 15.3. The predicted molar refractivity (Wildman–Crippen MR) is 117 cm³/mol. The van der Waals surface area contributed by atoms with Crippen molar-refractivity contribution in [2.24, 2.45) is 0 Å². The van der Waals surface area contributed by atoms with E-state index in [0.717, 1.165) is 46.4 Å². The van der Waals surface area contributed by atoms with E-state index in [1.54, 1.807) is 10.8 Å². The molecule has 4 heterocycles. The van der Waals surface area contributed by atoms with E-state index in [4.69, 9.17) is 9.97 Å². The van der Waals surface area contributed by atoms with Crippen LogP contribution in [0.5, 0.6) is 0 Å². The van der Waals surface area contributed by atoms with Gasteiger partial charge in [-0.1, -0.05) is 6.07 Å². The van der Waals surface area contributed by atoms with Gasteiger partial charge in [0.05, 0.1) is 17.9 Å². The number of nitrogens with zero attached hydrogens (tertiary/aromatic N) is 6. The maximum Gasteiger partial charge on any atom is 0.155 e. The van der Waals surface area contributed by atoms with Gasteiger partial charge in [-0.05, 0) is 64.8 Å². The monoisotopic (exact) mass is 401 g/mol. The molecule has 0 aromatic carbocycles. The molecule has 0 bridgehead atoms. The lowest BCUT2D eigenvalue weighted by Crippen LogP contribution is -2.42. The number of hydrogen-bond acceptors (Lipinski definition) is 5. The highest BCUT2D eigenvalue weighted by molar-refractivity contribution is 5.77. The smallest absolute Gasteiger partial charge is 0.155 e. The number of pyridine rings is 2. The molecule has 0 atom stereocenters. The highest BCUT2D eigenvalue weighted by Gasteiger charge is 2.36. The second-order valence-electron chi connectivity index (χ2n) is 9.08. The van der Waals surface area contributed by atoms with Crippen molar-refractivity contribution >= 4 is 5.65 Å². The number of aromatic nitrogens is 6. The van der Waals surface area contributed by atoms with Gasteiger partial charge in [-0.15, -0.1) is 0 Å². The van der Waals surface area contributed by atoms with Crippen molar-refractivity contribution in [1.82, 2.24) is 34.4 Å². The Bertz CT molecular complexity index is 1190. The van der Waals surface area contributed by atoms with Gasteiger partial charge in [0.1, 0.15) is 17.8 Å². The van der Waals surface area contributed by atoms with Crippen LogP contribution in [0.25, 0.3) is 28.3 Å². The van der Waals surface area contributed by atoms with Crippen LogP contribution >= 0.6 is 0 Å². The van der Waals surface area contributed by atoms with Gasteiger partial charge in [-0.2, -0.15) is 5.10 Å². The molecule has 1 N–H and O–H groups in total. The second kappa shape index (κ2) is 7.02. The zero-order valence-corrected chi connectivity index (χ0v) is 17.9. The van der Waals surface area contributed by atoms with Gasteiger partial charge in [-0.3, -0.25) is 9.88 Å². The number of hydrogen-bond donors (Lipinski definition) is 1. The van der Waals surface area contributed by atoms with Crippen molar-refractivity contribution in [3.05, 3.63) is 54.4 Å². The first-order chi connectivity index (χ1) is 14.4. The maximum atomic E-state index is 5.02. The lowest BCUT2D eigenvalue weighted by atomic mass is 10.1. The van der Waals surface area contributed by atoms with E-state index in [-0.39, 0.29) is 5.54 Å². The molecule has 0 radical (unpaired) electrons. The fourth-order valence-corrected chi connectivity index (χ4v) is 3.99. The number of fused-ring (bicyclic) bond motifs is 1. The molecule has 0 spiro atoms. The summed E-state index contributed by atoms with van der Waals surface area (Å²) in [4.78, 5) is 20.2. The molecular formula is C23H27N7. The summed E-state index contributed by atoms with van der Waals surface area (Å²) in [5.41, 5.74) is 5.61. The Hall–Kier alpha value is -3.06. The van der Waals surface area contributed by atoms with E-state index in [1.807, 2.05) is 37.4 Å². The minimum atomic E-state index is 0.0928. The summed E-state index contributed by atoms with van der Waals surface area (Å²) in [5.74, 6) is 0.962. The molecular weight excluding hydrogens is 374 g/mol. The van der Waals surface area contributed by atoms with Crippen LogP contribution in [-0.2, 0) is 6.54 Å². The van der Waals surface area contributed by atoms with Gasteiger partial charge in [0.2, 0.25) is 0 Å². The Morgan fingerprint density at radius 2 is 1.97 bits per heavy atom. The normalized spacial score (nSPS) is 14.7. The largest absolute Gasteiger partial charge is 0.340 e. The first kappa shape index (κ1) is 18.9. The lowest BCUT2D eigenvalue weighted by Gasteiger charge is -2.35. The number of imidazole rings is 1. The summed E-state index contributed by atoms with van der Waals surface area (Å²) in [6.07, 6.45) is 6.08. The molecule has 30 heavy (non-hydrogen) atoms. The molecule has 1 saturated carbocycles. The SMILES string of the molecule is Cc1cccc(-c2nc(CN(C3CC3)C(C)(C)C)[nH]c2-c2ccc3ncnn3c2)n1. The third-order valence-corrected chi connectivity index (χ3v) is 5.62. The summed E-state index contributed by atoms with van der Waals surface area (Å²) in [6.45, 7) is 9.62. The molecule has 1 aliphatic carbocycles. The molecule has 7 nitrogen and oxygen atoms in total. The van der Waals surface area contributed by atoms with Gasteiger partial charge in [0.15, 0.2) is 5.65 Å². The molecule has 4 aromatic rings. The van der Waals surface area contributed by atoms with Crippen molar-refractivity contribution in [2.45, 2.75) is 58.7 Å². The molecule has 7 heteroatoms. The summed E-state index contributed by atoms with van der Waals surface area (Å²) >= 11 is 0. The minimum Gasteiger partial charge on any atom is -0.340 e. The van der Waals surface area contributed by atoms with Crippen molar-refractivity contribution in [1.29, 1.82) is 0 Å². The van der Waals surface area contributed by atoms with Crippen LogP contribution in [-0.4, -0.2) is 46.0 Å². The van der Waals surface area contributed by atoms with Gasteiger partial charge in [0.25, 0.3) is 0 Å². The Balaban J connectivity index is 1.60. The number of H-pyrrole nitrogens is 1. The molecule has 0 amide bonds. The van der Waals surface area contributed by atoms with E-state index < -0.39 is 0 Å². The zero-order valence-electron chi connectivity index (χ0n) is 17.9. The Morgan fingerprint density at radius 3 is 2.70 bits per heavy atom. The van der Waals surface area contributed by atoms with Crippen molar-refractivity contribution in [3.8, 4) is 22.6 Å². The fourth-order valence-electron chi connectivity index (χ4n) is 3.99. The van der Waals surface area contributed by atoms with Crippen LogP contribution in [0.15, 0.2) is 42.9 Å². The molecule has 0 aliphatic heterocycles. The van der Waals surface area contributed by atoms with Crippen LogP contribution < -0.4 is 0 Å². The molecule has 4 aromatic heterocycles. The Morgan fingerprint density at radius 1 is 1.13 bits per heavy atom. The molecule has 154 valence electrons. The van der Waals surface area contributed by atoms with Crippen LogP contribution in [0.4, 0.5) is 0 Å². The molecule has 0 unspecified atom stereocenters. The number of nitrogens with one attached hydrogen (secondary N) is 1. The molecule has 0 saturated heterocycles. The third-order valence-electron chi connectivity index (χ3n) is 5.62. The van der Waals surface area contributed by atoms with E-state index >= 15 is 0 Å². The fraction of sp³-hybridized carbons (Fsp3) is 0.391. The van der Waals surface area contributed by atoms with Gasteiger partial charge >= 0.3 is 0 Å². The van der Waals surface area contributed by atoms with Crippen LogP contribution in [0, 0.1) is 6.92 Å². The van der Waals surface area contributed by atoms with Gasteiger partial charge < -0.3 is 4.98 Å². The van der Waals surface area contributed by atoms with E-state index in [1.165, 1.54) is 12.8 Å². The summed E-state index contributed by atoms with van der Waals surface area (Å²) in [7, 11) is 0. The average Bonchev–Trinajstić information content (AvgIpc) is 3.26. The summed E-state index contributed by atoms with van der Waals surface area (Å²) in [6, 6.07) is 10.7. The van der Waals surface area contributed by atoms with Crippen LogP contribution in [0.2, 0.25) is 0 Å². The molecule has 1 aliphatic rings. The van der Waals surface area contributed by atoms with Crippen molar-refractivity contribution in [2.75, 3.05) is 0 Å². The molecule has 5 rings (SSSR count). The number of aryl methyl sites for hydroxylation is 1. The Kier molecular flexibility index (Phi) is 4.43. The van der Waals surface area contributed by atoms with Crippen molar-refractivity contribution < 1.29 is 0 Å². The standard InChI is InChI=1S/C23H27N7/c1-15-6-5-7-18(26-15)22-21(16-8-11-20-24-14-25-30(20)12-16)27-19(28-22)13-29(17-9-10-17)23(2,3)4/h5-8,11-12,14,17H,9-10,13H2,1-4H3,(H,27,28).